The molecule has 35 heavy (non-hydrogen) atoms. The van der Waals surface area contributed by atoms with Gasteiger partial charge in [-0.1, -0.05) is 36.4 Å². The van der Waals surface area contributed by atoms with Crippen LogP contribution in [0, 0.1) is 12.8 Å². The Morgan fingerprint density at radius 3 is 2.51 bits per heavy atom. The standard InChI is InChI=1S/C27H26BrN3O4/c1-18-7-12-24(23(28)13-18)30-25(32)17-35-22-10-8-21(9-11-22)31-16-20(14-26(31)33)27(34)29-15-19-5-3-2-4-6-19/h2-13,20H,14-17H2,1H3,(H,29,34)(H,30,32)/t20-/m0/s1. The zero-order chi connectivity index (χ0) is 24.8. The first-order valence-corrected chi connectivity index (χ1v) is 12.1. The second kappa shape index (κ2) is 11.2. The van der Waals surface area contributed by atoms with Gasteiger partial charge in [0.25, 0.3) is 5.91 Å². The van der Waals surface area contributed by atoms with Crippen molar-refractivity contribution in [1.82, 2.24) is 5.32 Å². The number of halogens is 1. The number of hydrogen-bond donors (Lipinski definition) is 2. The third kappa shape index (κ3) is 6.48. The van der Waals surface area contributed by atoms with Gasteiger partial charge in [-0.3, -0.25) is 14.4 Å². The van der Waals surface area contributed by atoms with Crippen LogP contribution in [0.5, 0.6) is 5.75 Å². The number of ether oxygens (including phenoxy) is 1. The van der Waals surface area contributed by atoms with Crippen LogP contribution in [0.1, 0.15) is 17.5 Å². The molecular formula is C27H26BrN3O4. The first kappa shape index (κ1) is 24.5. The molecule has 1 heterocycles. The molecule has 8 heteroatoms. The molecule has 0 bridgehead atoms. The van der Waals surface area contributed by atoms with E-state index in [0.717, 1.165) is 15.6 Å². The second-order valence-corrected chi connectivity index (χ2v) is 9.28. The minimum atomic E-state index is -0.396. The first-order chi connectivity index (χ1) is 16.9. The Morgan fingerprint density at radius 1 is 1.06 bits per heavy atom. The predicted molar refractivity (Wildman–Crippen MR) is 138 cm³/mol. The van der Waals surface area contributed by atoms with E-state index >= 15 is 0 Å². The summed E-state index contributed by atoms with van der Waals surface area (Å²) in [6, 6.07) is 22.3. The van der Waals surface area contributed by atoms with Crippen LogP contribution in [0.2, 0.25) is 0 Å². The quantitative estimate of drug-likeness (QED) is 0.446. The van der Waals surface area contributed by atoms with Crippen molar-refractivity contribution in [2.24, 2.45) is 5.92 Å². The third-order valence-electron chi connectivity index (χ3n) is 5.72. The maximum absolute atomic E-state index is 12.6. The lowest BCUT2D eigenvalue weighted by molar-refractivity contribution is -0.126. The summed E-state index contributed by atoms with van der Waals surface area (Å²) in [7, 11) is 0. The zero-order valence-corrected chi connectivity index (χ0v) is 20.9. The van der Waals surface area contributed by atoms with Crippen LogP contribution in [0.25, 0.3) is 0 Å². The Morgan fingerprint density at radius 2 is 1.80 bits per heavy atom. The summed E-state index contributed by atoms with van der Waals surface area (Å²) in [4.78, 5) is 39.0. The molecule has 0 aromatic heterocycles. The average Bonchev–Trinajstić information content (AvgIpc) is 3.25. The van der Waals surface area contributed by atoms with Crippen LogP contribution in [0.15, 0.2) is 77.3 Å². The molecular weight excluding hydrogens is 510 g/mol. The molecule has 2 N–H and O–H groups in total. The fourth-order valence-electron chi connectivity index (χ4n) is 3.84. The van der Waals surface area contributed by atoms with Crippen LogP contribution in [-0.4, -0.2) is 30.9 Å². The van der Waals surface area contributed by atoms with Crippen LogP contribution >= 0.6 is 15.9 Å². The largest absolute Gasteiger partial charge is 0.484 e. The number of rotatable bonds is 8. The van der Waals surface area contributed by atoms with Crippen LogP contribution in [-0.2, 0) is 20.9 Å². The Bertz CT molecular complexity index is 1210. The summed E-state index contributed by atoms with van der Waals surface area (Å²) in [5, 5.41) is 5.72. The number of aryl methyl sites for hydroxylation is 1. The number of nitrogens with zero attached hydrogens (tertiary/aromatic N) is 1. The van der Waals surface area contributed by atoms with Gasteiger partial charge >= 0.3 is 0 Å². The van der Waals surface area contributed by atoms with Crippen LogP contribution in [0.3, 0.4) is 0 Å². The summed E-state index contributed by atoms with van der Waals surface area (Å²) in [5.41, 5.74) is 3.46. The van der Waals surface area contributed by atoms with Crippen molar-refractivity contribution in [1.29, 1.82) is 0 Å². The zero-order valence-electron chi connectivity index (χ0n) is 19.3. The third-order valence-corrected chi connectivity index (χ3v) is 6.38. The van der Waals surface area contributed by atoms with Gasteiger partial charge in [0.1, 0.15) is 5.75 Å². The average molecular weight is 536 g/mol. The Hall–Kier alpha value is -3.65. The molecule has 3 aromatic rings. The monoisotopic (exact) mass is 535 g/mol. The maximum Gasteiger partial charge on any atom is 0.262 e. The lowest BCUT2D eigenvalue weighted by atomic mass is 10.1. The molecule has 0 aliphatic carbocycles. The molecule has 3 aromatic carbocycles. The van der Waals surface area contributed by atoms with Gasteiger partial charge in [-0.25, -0.2) is 0 Å². The highest BCUT2D eigenvalue weighted by molar-refractivity contribution is 9.10. The number of hydrogen-bond acceptors (Lipinski definition) is 4. The van der Waals surface area contributed by atoms with Crippen molar-refractivity contribution < 1.29 is 19.1 Å². The molecule has 0 unspecified atom stereocenters. The summed E-state index contributed by atoms with van der Waals surface area (Å²) in [6.07, 6.45) is 0.174. The Labute approximate surface area is 212 Å². The molecule has 7 nitrogen and oxygen atoms in total. The Kier molecular flexibility index (Phi) is 7.82. The molecule has 0 spiro atoms. The van der Waals surface area contributed by atoms with Gasteiger partial charge in [0, 0.05) is 29.7 Å². The summed E-state index contributed by atoms with van der Waals surface area (Å²) in [5.74, 6) is -0.391. The summed E-state index contributed by atoms with van der Waals surface area (Å²) >= 11 is 3.44. The Balaban J connectivity index is 1.27. The second-order valence-electron chi connectivity index (χ2n) is 8.42. The number of carbonyl (C=O) groups excluding carboxylic acids is 3. The van der Waals surface area contributed by atoms with Crippen LogP contribution < -0.4 is 20.3 Å². The topological polar surface area (TPSA) is 87.7 Å². The highest BCUT2D eigenvalue weighted by Gasteiger charge is 2.35. The van der Waals surface area contributed by atoms with E-state index in [9.17, 15) is 14.4 Å². The van der Waals surface area contributed by atoms with Gasteiger partial charge in [-0.15, -0.1) is 0 Å². The minimum Gasteiger partial charge on any atom is -0.484 e. The number of nitrogens with one attached hydrogen (secondary N) is 2. The van der Waals surface area contributed by atoms with Gasteiger partial charge < -0.3 is 20.3 Å². The summed E-state index contributed by atoms with van der Waals surface area (Å²) < 4.78 is 6.39. The molecule has 0 saturated carbocycles. The van der Waals surface area contributed by atoms with E-state index in [2.05, 4.69) is 26.6 Å². The number of benzene rings is 3. The number of anilines is 2. The van der Waals surface area contributed by atoms with E-state index in [1.54, 1.807) is 29.2 Å². The molecule has 1 atom stereocenters. The van der Waals surface area contributed by atoms with Crippen molar-refractivity contribution in [2.45, 2.75) is 19.9 Å². The van der Waals surface area contributed by atoms with Gasteiger partial charge in [0.2, 0.25) is 11.8 Å². The lowest BCUT2D eigenvalue weighted by Crippen LogP contribution is -2.32. The van der Waals surface area contributed by atoms with Crippen molar-refractivity contribution in [3.05, 3.63) is 88.4 Å². The highest BCUT2D eigenvalue weighted by Crippen LogP contribution is 2.27. The van der Waals surface area contributed by atoms with Gasteiger partial charge in [0.15, 0.2) is 6.61 Å². The summed E-state index contributed by atoms with van der Waals surface area (Å²) in [6.45, 7) is 2.59. The first-order valence-electron chi connectivity index (χ1n) is 11.3. The fourth-order valence-corrected chi connectivity index (χ4v) is 4.43. The van der Waals surface area contributed by atoms with Crippen LogP contribution in [0.4, 0.5) is 11.4 Å². The van der Waals surface area contributed by atoms with Crippen molar-refractivity contribution in [3.63, 3.8) is 0 Å². The molecule has 1 aliphatic heterocycles. The molecule has 180 valence electrons. The van der Waals surface area contributed by atoms with Gasteiger partial charge in [-0.2, -0.15) is 0 Å². The van der Waals surface area contributed by atoms with E-state index < -0.39 is 5.92 Å². The molecule has 1 saturated heterocycles. The van der Waals surface area contributed by atoms with E-state index in [1.807, 2.05) is 55.5 Å². The van der Waals surface area contributed by atoms with Crippen molar-refractivity contribution in [2.75, 3.05) is 23.4 Å². The number of carbonyl (C=O) groups is 3. The predicted octanol–water partition coefficient (Wildman–Crippen LogP) is 4.44. The molecule has 0 radical (unpaired) electrons. The molecule has 1 fully saturated rings. The van der Waals surface area contributed by atoms with E-state index in [1.165, 1.54) is 0 Å². The lowest BCUT2D eigenvalue weighted by Gasteiger charge is -2.17. The molecule has 1 aliphatic rings. The van der Waals surface area contributed by atoms with Crippen molar-refractivity contribution in [3.8, 4) is 5.75 Å². The van der Waals surface area contributed by atoms with E-state index in [-0.39, 0.29) is 30.7 Å². The highest BCUT2D eigenvalue weighted by atomic mass is 79.9. The SMILES string of the molecule is Cc1ccc(NC(=O)COc2ccc(N3C[C@@H](C(=O)NCc4ccccc4)CC3=O)cc2)c(Br)c1. The van der Waals surface area contributed by atoms with Gasteiger partial charge in [0.05, 0.1) is 11.6 Å². The van der Waals surface area contributed by atoms with E-state index in [0.29, 0.717) is 30.2 Å². The normalized spacial score (nSPS) is 15.1. The van der Waals surface area contributed by atoms with E-state index in [4.69, 9.17) is 4.74 Å². The minimum absolute atomic E-state index is 0.0958. The van der Waals surface area contributed by atoms with Crippen molar-refractivity contribution >= 4 is 45.0 Å². The van der Waals surface area contributed by atoms with Gasteiger partial charge in [-0.05, 0) is 70.4 Å². The number of amides is 3. The maximum atomic E-state index is 12.6. The molecule has 3 amide bonds. The smallest absolute Gasteiger partial charge is 0.262 e. The fraction of sp³-hybridized carbons (Fsp3) is 0.222. The molecule has 4 rings (SSSR count).